The van der Waals surface area contributed by atoms with E-state index in [1.54, 1.807) is 24.3 Å². The van der Waals surface area contributed by atoms with Crippen LogP contribution in [-0.4, -0.2) is 29.5 Å². The molecular weight excluding hydrogens is 320 g/mol. The van der Waals surface area contributed by atoms with Crippen molar-refractivity contribution in [2.75, 3.05) is 6.61 Å². The lowest BCUT2D eigenvalue weighted by atomic mass is 9.86. The standard InChI is InChI=1S/C17H21F2NO4/c1-11(12-2-4-14(5-3-12)24-10-15(21)22)20-16(23)13-6-8-17(18,19)9-7-13/h2-5,11,13H,6-10H2,1H3,(H,20,23)(H,21,22)/t11-/m1/s1. The molecule has 0 heterocycles. The van der Waals surface area contributed by atoms with Crippen molar-refractivity contribution in [3.63, 3.8) is 0 Å². The van der Waals surface area contributed by atoms with Gasteiger partial charge in [0.05, 0.1) is 6.04 Å². The summed E-state index contributed by atoms with van der Waals surface area (Å²) in [6.45, 7) is 1.39. The summed E-state index contributed by atoms with van der Waals surface area (Å²) in [5.74, 6) is -3.85. The Labute approximate surface area is 139 Å². The zero-order valence-corrected chi connectivity index (χ0v) is 13.4. The highest BCUT2D eigenvalue weighted by Gasteiger charge is 2.37. The average molecular weight is 341 g/mol. The van der Waals surface area contributed by atoms with Gasteiger partial charge in [0.1, 0.15) is 5.75 Å². The second-order valence-corrected chi connectivity index (χ2v) is 6.11. The third kappa shape index (κ3) is 5.18. The minimum absolute atomic E-state index is 0.202. The van der Waals surface area contributed by atoms with Crippen molar-refractivity contribution < 1.29 is 28.2 Å². The molecular formula is C17H21F2NO4. The lowest BCUT2D eigenvalue weighted by Gasteiger charge is -2.28. The van der Waals surface area contributed by atoms with Crippen LogP contribution in [0, 0.1) is 5.92 Å². The van der Waals surface area contributed by atoms with Crippen molar-refractivity contribution in [2.45, 2.75) is 44.6 Å². The number of rotatable bonds is 6. The number of carbonyl (C=O) groups excluding carboxylic acids is 1. The molecule has 1 saturated carbocycles. The molecule has 0 saturated heterocycles. The lowest BCUT2D eigenvalue weighted by Crippen LogP contribution is -2.37. The topological polar surface area (TPSA) is 75.6 Å². The normalized spacial score (nSPS) is 18.6. The van der Waals surface area contributed by atoms with Gasteiger partial charge in [-0.05, 0) is 37.5 Å². The fourth-order valence-corrected chi connectivity index (χ4v) is 2.71. The summed E-state index contributed by atoms with van der Waals surface area (Å²) in [6.07, 6.45) is -0.0782. The number of hydrogen-bond acceptors (Lipinski definition) is 3. The molecule has 1 aliphatic rings. The molecule has 1 aromatic carbocycles. The van der Waals surface area contributed by atoms with Crippen LogP contribution in [0.4, 0.5) is 8.78 Å². The Bertz CT molecular complexity index is 579. The summed E-state index contributed by atoms with van der Waals surface area (Å²) < 4.78 is 31.3. The monoisotopic (exact) mass is 341 g/mol. The quantitative estimate of drug-likeness (QED) is 0.833. The molecule has 2 N–H and O–H groups in total. The summed E-state index contributed by atoms with van der Waals surface area (Å²) in [7, 11) is 0. The van der Waals surface area contributed by atoms with Crippen LogP contribution in [0.3, 0.4) is 0 Å². The number of aliphatic carboxylic acids is 1. The number of nitrogens with one attached hydrogen (secondary N) is 1. The largest absolute Gasteiger partial charge is 0.482 e. The van der Waals surface area contributed by atoms with Crippen molar-refractivity contribution in [2.24, 2.45) is 5.92 Å². The van der Waals surface area contributed by atoms with E-state index in [-0.39, 0.29) is 43.6 Å². The van der Waals surface area contributed by atoms with Crippen LogP contribution in [-0.2, 0) is 9.59 Å². The molecule has 0 radical (unpaired) electrons. The number of carboxylic acid groups (broad SMARTS) is 1. The minimum atomic E-state index is -2.64. The van der Waals surface area contributed by atoms with E-state index in [1.807, 2.05) is 6.92 Å². The zero-order chi connectivity index (χ0) is 17.7. The smallest absolute Gasteiger partial charge is 0.341 e. The van der Waals surface area contributed by atoms with E-state index >= 15 is 0 Å². The van der Waals surface area contributed by atoms with Crippen molar-refractivity contribution in [3.05, 3.63) is 29.8 Å². The highest BCUT2D eigenvalue weighted by atomic mass is 19.3. The first-order valence-corrected chi connectivity index (χ1v) is 7.89. The molecule has 1 aliphatic carbocycles. The van der Waals surface area contributed by atoms with Crippen LogP contribution in [0.5, 0.6) is 5.75 Å². The molecule has 24 heavy (non-hydrogen) atoms. The van der Waals surface area contributed by atoms with E-state index in [0.717, 1.165) is 5.56 Å². The number of alkyl halides is 2. The molecule has 0 unspecified atom stereocenters. The van der Waals surface area contributed by atoms with E-state index < -0.39 is 18.5 Å². The second-order valence-electron chi connectivity index (χ2n) is 6.11. The number of carboxylic acids is 1. The first kappa shape index (κ1) is 18.2. The molecule has 5 nitrogen and oxygen atoms in total. The molecule has 0 bridgehead atoms. The van der Waals surface area contributed by atoms with Crippen molar-refractivity contribution in [3.8, 4) is 5.75 Å². The Morgan fingerprint density at radius 1 is 1.29 bits per heavy atom. The third-order valence-corrected chi connectivity index (χ3v) is 4.19. The summed E-state index contributed by atoms with van der Waals surface area (Å²) in [5, 5.41) is 11.4. The summed E-state index contributed by atoms with van der Waals surface area (Å²) in [6, 6.07) is 6.45. The van der Waals surface area contributed by atoms with Crippen molar-refractivity contribution >= 4 is 11.9 Å². The van der Waals surface area contributed by atoms with Gasteiger partial charge in [-0.3, -0.25) is 4.79 Å². The predicted molar refractivity (Wildman–Crippen MR) is 83.0 cm³/mol. The number of ether oxygens (including phenoxy) is 1. The maximum absolute atomic E-state index is 13.1. The maximum atomic E-state index is 13.1. The summed E-state index contributed by atoms with van der Waals surface area (Å²) >= 11 is 0. The Hall–Kier alpha value is -2.18. The Kier molecular flexibility index (Phi) is 5.75. The van der Waals surface area contributed by atoms with Crippen molar-refractivity contribution in [1.29, 1.82) is 0 Å². The zero-order valence-electron chi connectivity index (χ0n) is 13.4. The van der Waals surface area contributed by atoms with E-state index in [9.17, 15) is 18.4 Å². The van der Waals surface area contributed by atoms with E-state index in [4.69, 9.17) is 9.84 Å². The molecule has 0 aliphatic heterocycles. The fraction of sp³-hybridized carbons (Fsp3) is 0.529. The minimum Gasteiger partial charge on any atom is -0.482 e. The van der Waals surface area contributed by atoms with Gasteiger partial charge in [-0.15, -0.1) is 0 Å². The van der Waals surface area contributed by atoms with Gasteiger partial charge in [0.25, 0.3) is 0 Å². The van der Waals surface area contributed by atoms with Gasteiger partial charge in [0.2, 0.25) is 11.8 Å². The fourth-order valence-electron chi connectivity index (χ4n) is 2.71. The Morgan fingerprint density at radius 2 is 1.88 bits per heavy atom. The molecule has 1 atom stereocenters. The number of carbonyl (C=O) groups is 2. The van der Waals surface area contributed by atoms with Gasteiger partial charge in [0, 0.05) is 18.8 Å². The van der Waals surface area contributed by atoms with Gasteiger partial charge in [-0.25, -0.2) is 13.6 Å². The molecule has 132 valence electrons. The van der Waals surface area contributed by atoms with Crippen LogP contribution in [0.15, 0.2) is 24.3 Å². The van der Waals surface area contributed by atoms with E-state index in [0.29, 0.717) is 5.75 Å². The highest BCUT2D eigenvalue weighted by Crippen LogP contribution is 2.36. The SMILES string of the molecule is C[C@@H](NC(=O)C1CCC(F)(F)CC1)c1ccc(OCC(=O)O)cc1. The molecule has 1 fully saturated rings. The Morgan fingerprint density at radius 3 is 2.42 bits per heavy atom. The third-order valence-electron chi connectivity index (χ3n) is 4.19. The maximum Gasteiger partial charge on any atom is 0.341 e. The lowest BCUT2D eigenvalue weighted by molar-refractivity contribution is -0.139. The first-order chi connectivity index (χ1) is 11.3. The highest BCUT2D eigenvalue weighted by molar-refractivity contribution is 5.79. The van der Waals surface area contributed by atoms with E-state index in [2.05, 4.69) is 5.32 Å². The predicted octanol–water partition coefficient (Wildman–Crippen LogP) is 3.15. The summed E-state index contributed by atoms with van der Waals surface area (Å²) in [4.78, 5) is 22.6. The van der Waals surface area contributed by atoms with Crippen molar-refractivity contribution in [1.82, 2.24) is 5.32 Å². The van der Waals surface area contributed by atoms with Crippen LogP contribution >= 0.6 is 0 Å². The second kappa shape index (κ2) is 7.59. The number of amides is 1. The van der Waals surface area contributed by atoms with Gasteiger partial charge in [-0.1, -0.05) is 12.1 Å². The molecule has 0 aromatic heterocycles. The molecule has 0 spiro atoms. The van der Waals surface area contributed by atoms with Crippen LogP contribution < -0.4 is 10.1 Å². The first-order valence-electron chi connectivity index (χ1n) is 7.89. The summed E-state index contributed by atoms with van der Waals surface area (Å²) in [5.41, 5.74) is 0.826. The van der Waals surface area contributed by atoms with Gasteiger partial charge in [0.15, 0.2) is 6.61 Å². The number of halogens is 2. The van der Waals surface area contributed by atoms with Crippen LogP contribution in [0.2, 0.25) is 0 Å². The van der Waals surface area contributed by atoms with Gasteiger partial charge < -0.3 is 15.2 Å². The number of hydrogen-bond donors (Lipinski definition) is 2. The Balaban J connectivity index is 1.86. The molecule has 1 amide bonds. The van der Waals surface area contributed by atoms with Gasteiger partial charge in [-0.2, -0.15) is 0 Å². The molecule has 7 heteroatoms. The van der Waals surface area contributed by atoms with Crippen LogP contribution in [0.1, 0.15) is 44.2 Å². The average Bonchev–Trinajstić information content (AvgIpc) is 2.53. The van der Waals surface area contributed by atoms with Crippen LogP contribution in [0.25, 0.3) is 0 Å². The van der Waals surface area contributed by atoms with Gasteiger partial charge >= 0.3 is 5.97 Å². The van der Waals surface area contributed by atoms with E-state index in [1.165, 1.54) is 0 Å². The molecule has 2 rings (SSSR count). The number of benzene rings is 1. The molecule has 1 aromatic rings.